The van der Waals surface area contributed by atoms with Crippen LogP contribution in [0.3, 0.4) is 0 Å². The first-order chi connectivity index (χ1) is 9.29. The molecule has 0 spiro atoms. The molecule has 2 radical (unpaired) electrons. The molecule has 112 valence electrons. The van der Waals surface area contributed by atoms with Crippen molar-refractivity contribution in [2.24, 2.45) is 0 Å². The number of fused-ring (bicyclic) bond motifs is 1. The van der Waals surface area contributed by atoms with Gasteiger partial charge >= 0.3 is 35.6 Å². The van der Waals surface area contributed by atoms with E-state index < -0.39 is 17.0 Å². The van der Waals surface area contributed by atoms with Gasteiger partial charge in [0, 0.05) is 9.52 Å². The fourth-order valence-electron chi connectivity index (χ4n) is 1.11. The second-order valence-corrected chi connectivity index (χ2v) is 8.62. The number of rotatable bonds is 0. The van der Waals surface area contributed by atoms with Crippen LogP contribution in [0, 0.1) is 6.08 Å². The quantitative estimate of drug-likeness (QED) is 0.395. The maximum absolute atomic E-state index is 6.94. The van der Waals surface area contributed by atoms with Crippen molar-refractivity contribution in [3.63, 3.8) is 0 Å². The van der Waals surface area contributed by atoms with E-state index in [2.05, 4.69) is 49.5 Å². The number of nitrogens with one attached hydrogen (secondary N) is 1. The van der Waals surface area contributed by atoms with Crippen LogP contribution in [-0.2, 0) is 23.5 Å². The molecule has 0 fully saturated rings. The van der Waals surface area contributed by atoms with Gasteiger partial charge in [-0.25, -0.2) is 6.08 Å². The molecule has 2 rings (SSSR count). The summed E-state index contributed by atoms with van der Waals surface area (Å²) in [7, 11) is 10.9. The van der Waals surface area contributed by atoms with Gasteiger partial charge < -0.3 is 5.73 Å². The Kier molecular flexibility index (Phi) is 16.3. The van der Waals surface area contributed by atoms with E-state index in [1.807, 2.05) is 20.8 Å². The fraction of sp³-hybridized carbons (Fsp3) is 0.467. The summed E-state index contributed by atoms with van der Waals surface area (Å²) in [5.74, 6) is 0. The predicted molar refractivity (Wildman–Crippen MR) is 91.1 cm³/mol. The molecule has 0 heterocycles. The molecule has 0 atom stereocenters. The van der Waals surface area contributed by atoms with Crippen LogP contribution in [0.5, 0.6) is 0 Å². The molecule has 0 saturated carbocycles. The average molecular weight is 364 g/mol. The van der Waals surface area contributed by atoms with Crippen molar-refractivity contribution >= 4 is 34.2 Å². The van der Waals surface area contributed by atoms with Crippen molar-refractivity contribution in [2.45, 2.75) is 45.8 Å². The van der Waals surface area contributed by atoms with Gasteiger partial charge in [0.1, 0.15) is 0 Å². The Bertz CT molecular complexity index is 357. The second kappa shape index (κ2) is 14.4. The van der Waals surface area contributed by atoms with Gasteiger partial charge in [0.2, 0.25) is 0 Å². The van der Waals surface area contributed by atoms with Gasteiger partial charge in [-0.05, 0) is 0 Å². The predicted octanol–water partition coefficient (Wildman–Crippen LogP) is 6.06. The number of hydrogen-bond acceptors (Lipinski definition) is 0. The molecule has 1 nitrogen and oxygen atoms in total. The van der Waals surface area contributed by atoms with Crippen molar-refractivity contribution in [2.75, 3.05) is 0 Å². The Labute approximate surface area is 143 Å². The topological polar surface area (TPSA) is 23.8 Å². The number of halogens is 2. The molecule has 20 heavy (non-hydrogen) atoms. The van der Waals surface area contributed by atoms with Crippen LogP contribution in [0.4, 0.5) is 0 Å². The Balaban J connectivity index is 0. The second-order valence-electron chi connectivity index (χ2n) is 5.05. The molecule has 1 aliphatic rings. The van der Waals surface area contributed by atoms with Crippen LogP contribution in [-0.4, -0.2) is 15.1 Å². The monoisotopic (exact) mass is 363 g/mol. The Morgan fingerprint density at radius 3 is 2.00 bits per heavy atom. The van der Waals surface area contributed by atoms with Crippen molar-refractivity contribution in [3.8, 4) is 0 Å². The minimum atomic E-state index is -0.556. The van der Waals surface area contributed by atoms with Crippen LogP contribution in [0.25, 0.3) is 11.8 Å². The van der Waals surface area contributed by atoms with E-state index in [1.165, 1.54) is 11.1 Å². The number of allylic oxidation sites excluding steroid dienone is 1. The van der Waals surface area contributed by atoms with E-state index in [1.54, 1.807) is 0 Å². The zero-order valence-corrected chi connectivity index (χ0v) is 16.9. The minimum absolute atomic E-state index is 0.250. The van der Waals surface area contributed by atoms with Crippen molar-refractivity contribution in [3.05, 3.63) is 47.2 Å². The summed E-state index contributed by atoms with van der Waals surface area (Å²) >= 11 is -0.556. The summed E-state index contributed by atoms with van der Waals surface area (Å²) in [6.07, 6.45) is 6.21. The summed E-state index contributed by atoms with van der Waals surface area (Å²) in [5, 5.41) is 0. The van der Waals surface area contributed by atoms with E-state index in [9.17, 15) is 0 Å². The molecule has 5 heteroatoms. The maximum atomic E-state index is 6.94. The van der Waals surface area contributed by atoms with Gasteiger partial charge in [-0.2, -0.15) is 5.56 Å². The Morgan fingerprint density at radius 1 is 1.20 bits per heavy atom. The van der Waals surface area contributed by atoms with Gasteiger partial charge in [0.25, 0.3) is 0 Å². The summed E-state index contributed by atoms with van der Waals surface area (Å²) in [5.41, 5.74) is 9.42. The standard InChI is InChI=1S/C9H7.C4H10N.C2H6Si.2ClH.Ti/c1-2-5-9-7-3-6-8(9)4-1;1-4(2,3)5;1-3-2;;;/h1-2,4-6H,7H2;5H,1-3H3;1-2H3;2*1H;/q2*-1;;;;+2/p-2. The first kappa shape index (κ1) is 22.7. The molecule has 0 bridgehead atoms. The first-order valence-corrected chi connectivity index (χ1v) is 12.5. The van der Waals surface area contributed by atoms with Crippen molar-refractivity contribution in [1.82, 2.24) is 0 Å². The summed E-state index contributed by atoms with van der Waals surface area (Å²) < 4.78 is 0. The van der Waals surface area contributed by atoms with Gasteiger partial charge in [-0.3, -0.25) is 6.08 Å². The SMILES string of the molecule is CC(C)(C)[NH-].C[Si]C.[C-]1=Cc2ccccc2C1.[Cl][Ti][Cl]. The molecule has 1 N–H and O–H groups in total. The average Bonchev–Trinajstić information content (AvgIpc) is 2.76. The summed E-state index contributed by atoms with van der Waals surface area (Å²) in [4.78, 5) is 0. The third-order valence-electron chi connectivity index (χ3n) is 1.61. The van der Waals surface area contributed by atoms with Crippen LogP contribution < -0.4 is 0 Å². The van der Waals surface area contributed by atoms with E-state index >= 15 is 0 Å². The van der Waals surface area contributed by atoms with Crippen molar-refractivity contribution < 1.29 is 17.0 Å². The molecule has 0 aromatic heterocycles. The zero-order chi connectivity index (χ0) is 16.0. The number of benzene rings is 1. The Hall–Kier alpha value is 0.431. The van der Waals surface area contributed by atoms with E-state index in [0.29, 0.717) is 0 Å². The van der Waals surface area contributed by atoms with Crippen LogP contribution in [0.2, 0.25) is 13.1 Å². The molecule has 0 saturated heterocycles. The van der Waals surface area contributed by atoms with Gasteiger partial charge in [0.15, 0.2) is 0 Å². The normalized spacial score (nSPS) is 10.8. The molecular weight excluding hydrogens is 341 g/mol. The Morgan fingerprint density at radius 2 is 1.60 bits per heavy atom. The van der Waals surface area contributed by atoms with Gasteiger partial charge in [-0.1, -0.05) is 52.1 Å². The van der Waals surface area contributed by atoms with E-state index in [0.717, 1.165) is 15.9 Å². The van der Waals surface area contributed by atoms with Gasteiger partial charge in [0.05, 0.1) is 0 Å². The van der Waals surface area contributed by atoms with E-state index in [-0.39, 0.29) is 5.54 Å². The van der Waals surface area contributed by atoms with Crippen molar-refractivity contribution in [1.29, 1.82) is 0 Å². The van der Waals surface area contributed by atoms with Gasteiger partial charge in [-0.15, -0.1) is 23.6 Å². The first-order valence-electron chi connectivity index (χ1n) is 6.24. The summed E-state index contributed by atoms with van der Waals surface area (Å²) in [6, 6.07) is 8.39. The molecular formula is C15H23Cl2NSiTi-2. The molecule has 1 aliphatic carbocycles. The summed E-state index contributed by atoms with van der Waals surface area (Å²) in [6.45, 7) is 9.87. The molecule has 1 aromatic carbocycles. The molecule has 1 aromatic rings. The van der Waals surface area contributed by atoms with Crippen LogP contribution in [0.1, 0.15) is 31.9 Å². The number of hydrogen-bond donors (Lipinski definition) is 0. The van der Waals surface area contributed by atoms with Crippen LogP contribution in [0.15, 0.2) is 24.3 Å². The molecule has 0 aliphatic heterocycles. The third-order valence-corrected chi connectivity index (χ3v) is 1.61. The van der Waals surface area contributed by atoms with Crippen LogP contribution >= 0.6 is 18.6 Å². The fourth-order valence-corrected chi connectivity index (χ4v) is 1.11. The third kappa shape index (κ3) is 18.4. The zero-order valence-electron chi connectivity index (χ0n) is 12.8. The molecule has 0 amide bonds. The molecule has 0 unspecified atom stereocenters. The van der Waals surface area contributed by atoms with E-state index in [4.69, 9.17) is 24.3 Å².